The Morgan fingerprint density at radius 1 is 1.12 bits per heavy atom. The van der Waals surface area contributed by atoms with Crippen molar-refractivity contribution in [2.75, 3.05) is 14.1 Å². The van der Waals surface area contributed by atoms with Crippen molar-refractivity contribution in [3.05, 3.63) is 52.8 Å². The standard InChI is InChI=1S/C22H22N2O9/c1-7-8-5-4-6-9(25)11(8)14(26)12-10(7)15(27)16-21(32,17(12)28)18(29)13(20(23)31)19(30)22(16,33)24(2)3/h4-6,10,15-16,25-27,30,32-33H,1H2,2-3H3,(H2,23,31)/t10-,15+,16-,21+,22?/m1/s1. The molecule has 33 heavy (non-hydrogen) atoms. The normalized spacial score (nSPS) is 33.8. The zero-order chi connectivity index (χ0) is 24.8. The summed E-state index contributed by atoms with van der Waals surface area (Å²) in [5, 5.41) is 66.0. The Morgan fingerprint density at radius 2 is 1.73 bits per heavy atom. The molecule has 4 rings (SSSR count). The number of nitrogens with zero attached hydrogens (tertiary/aromatic N) is 1. The number of carbonyl (C=O) groups excluding carboxylic acids is 3. The molecule has 1 fully saturated rings. The van der Waals surface area contributed by atoms with E-state index in [1.54, 1.807) is 0 Å². The lowest BCUT2D eigenvalue weighted by atomic mass is 9.54. The minimum Gasteiger partial charge on any atom is -0.507 e. The number of aliphatic hydroxyl groups is 5. The smallest absolute Gasteiger partial charge is 0.256 e. The number of hydrogen-bond donors (Lipinski definition) is 7. The van der Waals surface area contributed by atoms with Crippen molar-refractivity contribution < 1.29 is 45.0 Å². The first-order chi connectivity index (χ1) is 15.2. The first kappa shape index (κ1) is 22.7. The third-order valence-electron chi connectivity index (χ3n) is 6.81. The number of aliphatic hydroxyl groups excluding tert-OH is 3. The first-order valence-corrected chi connectivity index (χ1v) is 9.81. The number of aromatic hydroxyl groups is 1. The second kappa shape index (κ2) is 6.75. The third kappa shape index (κ3) is 2.44. The molecule has 3 aliphatic rings. The molecule has 1 unspecified atom stereocenters. The van der Waals surface area contributed by atoms with E-state index in [1.807, 2.05) is 0 Å². The van der Waals surface area contributed by atoms with Gasteiger partial charge in [-0.2, -0.15) is 0 Å². The van der Waals surface area contributed by atoms with Gasteiger partial charge in [0.2, 0.25) is 17.2 Å². The van der Waals surface area contributed by atoms with Gasteiger partial charge in [0.05, 0.1) is 23.2 Å². The zero-order valence-corrected chi connectivity index (χ0v) is 17.6. The number of carbonyl (C=O) groups is 3. The molecule has 0 aromatic heterocycles. The fraction of sp³-hybridized carbons (Fsp3) is 0.318. The van der Waals surface area contributed by atoms with Gasteiger partial charge in [-0.25, -0.2) is 0 Å². The molecular weight excluding hydrogens is 436 g/mol. The van der Waals surface area contributed by atoms with E-state index in [2.05, 4.69) is 6.58 Å². The van der Waals surface area contributed by atoms with Crippen molar-refractivity contribution in [1.29, 1.82) is 0 Å². The van der Waals surface area contributed by atoms with Crippen molar-refractivity contribution in [1.82, 2.24) is 4.90 Å². The number of hydrogen-bond acceptors (Lipinski definition) is 10. The predicted molar refractivity (Wildman–Crippen MR) is 112 cm³/mol. The summed E-state index contributed by atoms with van der Waals surface area (Å²) in [4.78, 5) is 39.7. The Balaban J connectivity index is 2.10. The molecule has 1 aromatic rings. The van der Waals surface area contributed by atoms with Gasteiger partial charge in [-0.1, -0.05) is 18.7 Å². The van der Waals surface area contributed by atoms with Crippen LogP contribution in [0.25, 0.3) is 11.3 Å². The molecule has 11 heteroatoms. The molecular formula is C22H22N2O9. The van der Waals surface area contributed by atoms with E-state index < -0.39 is 75.2 Å². The number of nitrogens with two attached hydrogens (primary N) is 1. The van der Waals surface area contributed by atoms with E-state index in [0.29, 0.717) is 0 Å². The lowest BCUT2D eigenvalue weighted by Crippen LogP contribution is -2.76. The number of fused-ring (bicyclic) bond motifs is 3. The number of phenolic OH excluding ortho intramolecular Hbond substituents is 1. The second-order valence-corrected chi connectivity index (χ2v) is 8.57. The Bertz CT molecular complexity index is 1230. The highest BCUT2D eigenvalue weighted by Crippen LogP contribution is 2.56. The molecule has 0 aliphatic heterocycles. The third-order valence-corrected chi connectivity index (χ3v) is 6.81. The number of phenols is 1. The maximum absolute atomic E-state index is 13.6. The molecule has 1 aromatic carbocycles. The molecule has 1 amide bonds. The Labute approximate surface area is 187 Å². The fourth-order valence-electron chi connectivity index (χ4n) is 5.21. The summed E-state index contributed by atoms with van der Waals surface area (Å²) in [6.07, 6.45) is -1.97. The van der Waals surface area contributed by atoms with Crippen LogP contribution in [0.1, 0.15) is 11.1 Å². The van der Waals surface area contributed by atoms with Crippen LogP contribution in [0.5, 0.6) is 5.75 Å². The van der Waals surface area contributed by atoms with Crippen LogP contribution < -0.4 is 5.73 Å². The van der Waals surface area contributed by atoms with Gasteiger partial charge in [-0.3, -0.25) is 19.3 Å². The van der Waals surface area contributed by atoms with E-state index in [0.717, 1.165) is 4.90 Å². The molecule has 11 nitrogen and oxygen atoms in total. The number of amides is 1. The van der Waals surface area contributed by atoms with Gasteiger partial charge in [-0.05, 0) is 31.3 Å². The highest BCUT2D eigenvalue weighted by Gasteiger charge is 2.73. The summed E-state index contributed by atoms with van der Waals surface area (Å²) in [5.41, 5.74) is -2.71. The molecule has 0 bridgehead atoms. The largest absolute Gasteiger partial charge is 0.507 e. The number of likely N-dealkylation sites (N-methyl/N-ethyl adjacent to an activating group) is 1. The Morgan fingerprint density at radius 3 is 2.27 bits per heavy atom. The van der Waals surface area contributed by atoms with Gasteiger partial charge >= 0.3 is 0 Å². The molecule has 3 aliphatic carbocycles. The summed E-state index contributed by atoms with van der Waals surface area (Å²) in [6, 6.07) is 4.14. The monoisotopic (exact) mass is 458 g/mol. The van der Waals surface area contributed by atoms with E-state index in [-0.39, 0.29) is 16.7 Å². The quantitative estimate of drug-likeness (QED) is 0.159. The number of ketones is 2. The Kier molecular flexibility index (Phi) is 4.64. The maximum atomic E-state index is 13.6. The molecule has 8 N–H and O–H groups in total. The average Bonchev–Trinajstić information content (AvgIpc) is 2.72. The van der Waals surface area contributed by atoms with Crippen LogP contribution in [0.15, 0.2) is 41.7 Å². The molecule has 0 radical (unpaired) electrons. The number of primary amides is 1. The molecule has 5 atom stereocenters. The van der Waals surface area contributed by atoms with Gasteiger partial charge in [0.25, 0.3) is 5.91 Å². The van der Waals surface area contributed by atoms with Crippen LogP contribution in [-0.2, 0) is 14.4 Å². The number of Topliss-reactive ketones (excluding diaryl/α,β-unsaturated/α-hetero) is 2. The van der Waals surface area contributed by atoms with E-state index in [1.165, 1.54) is 32.3 Å². The molecule has 0 heterocycles. The van der Waals surface area contributed by atoms with Crippen molar-refractivity contribution >= 4 is 28.8 Å². The summed E-state index contributed by atoms with van der Waals surface area (Å²) < 4.78 is 0. The molecule has 1 saturated carbocycles. The highest BCUT2D eigenvalue weighted by molar-refractivity contribution is 6.33. The summed E-state index contributed by atoms with van der Waals surface area (Å²) >= 11 is 0. The fourth-order valence-corrected chi connectivity index (χ4v) is 5.21. The molecule has 0 spiro atoms. The minimum absolute atomic E-state index is 0.0503. The topological polar surface area (TPSA) is 202 Å². The van der Waals surface area contributed by atoms with Gasteiger partial charge in [-0.15, -0.1) is 0 Å². The van der Waals surface area contributed by atoms with Crippen LogP contribution >= 0.6 is 0 Å². The lowest BCUT2D eigenvalue weighted by Gasteiger charge is -2.56. The van der Waals surface area contributed by atoms with Crippen LogP contribution in [0.3, 0.4) is 0 Å². The van der Waals surface area contributed by atoms with Gasteiger partial charge in [0.1, 0.15) is 17.1 Å². The Hall–Kier alpha value is -3.51. The van der Waals surface area contributed by atoms with Crippen LogP contribution in [0, 0.1) is 11.8 Å². The average molecular weight is 458 g/mol. The van der Waals surface area contributed by atoms with Crippen molar-refractivity contribution in [2.45, 2.75) is 17.4 Å². The van der Waals surface area contributed by atoms with E-state index in [9.17, 15) is 45.0 Å². The SMILES string of the molecule is C=C1c2cccc(O)c2C(O)=C2C(=O)[C@]3(O)C(=O)C(C(N)=O)=C(O)C(O)(N(C)C)[C@@H]3[C@@H](O)[C@H]12. The molecule has 0 saturated heterocycles. The van der Waals surface area contributed by atoms with Crippen molar-refractivity contribution in [2.24, 2.45) is 17.6 Å². The molecule has 174 valence electrons. The maximum Gasteiger partial charge on any atom is 0.256 e. The van der Waals surface area contributed by atoms with Crippen molar-refractivity contribution in [3.8, 4) is 5.75 Å². The van der Waals surface area contributed by atoms with E-state index >= 15 is 0 Å². The summed E-state index contributed by atoms with van der Waals surface area (Å²) in [6.45, 7) is 3.86. The van der Waals surface area contributed by atoms with Crippen molar-refractivity contribution in [3.63, 3.8) is 0 Å². The number of benzene rings is 1. The summed E-state index contributed by atoms with van der Waals surface area (Å²) in [5.74, 6) is -10.6. The van der Waals surface area contributed by atoms with Crippen LogP contribution in [-0.4, -0.2) is 84.5 Å². The number of rotatable bonds is 2. The lowest BCUT2D eigenvalue weighted by molar-refractivity contribution is -0.225. The first-order valence-electron chi connectivity index (χ1n) is 9.81. The summed E-state index contributed by atoms with van der Waals surface area (Å²) in [7, 11) is 2.43. The van der Waals surface area contributed by atoms with Gasteiger partial charge in [0, 0.05) is 5.92 Å². The second-order valence-electron chi connectivity index (χ2n) is 8.57. The predicted octanol–water partition coefficient (Wildman–Crippen LogP) is -1.27. The van der Waals surface area contributed by atoms with Crippen LogP contribution in [0.2, 0.25) is 0 Å². The highest BCUT2D eigenvalue weighted by atomic mass is 16.4. The zero-order valence-electron chi connectivity index (χ0n) is 17.6. The van der Waals surface area contributed by atoms with E-state index in [4.69, 9.17) is 5.73 Å². The van der Waals surface area contributed by atoms with Gasteiger partial charge in [0.15, 0.2) is 11.5 Å². The minimum atomic E-state index is -3.29. The van der Waals surface area contributed by atoms with Crippen LogP contribution in [0.4, 0.5) is 0 Å². The van der Waals surface area contributed by atoms with Gasteiger partial charge < -0.3 is 36.4 Å².